The quantitative estimate of drug-likeness (QED) is 0.0441. The molecular weight excluding hydrogens is 550 g/mol. The molecule has 3 unspecified atom stereocenters. The van der Waals surface area contributed by atoms with Gasteiger partial charge in [0.2, 0.25) is 5.91 Å². The van der Waals surface area contributed by atoms with E-state index in [1.807, 2.05) is 0 Å². The summed E-state index contributed by atoms with van der Waals surface area (Å²) < 4.78 is 32.3. The molecule has 0 fully saturated rings. The first-order valence-electron chi connectivity index (χ1n) is 17.8. The van der Waals surface area contributed by atoms with Gasteiger partial charge in [-0.25, -0.2) is 0 Å². The first-order chi connectivity index (χ1) is 20.2. The van der Waals surface area contributed by atoms with Crippen LogP contribution in [0.25, 0.3) is 0 Å². The van der Waals surface area contributed by atoms with E-state index in [4.69, 9.17) is 0 Å². The van der Waals surface area contributed by atoms with Gasteiger partial charge >= 0.3 is 0 Å². The summed E-state index contributed by atoms with van der Waals surface area (Å²) in [4.78, 5) is 12.5. The Labute approximate surface area is 260 Å². The smallest absolute Gasteiger partial charge is 0.266 e. The summed E-state index contributed by atoms with van der Waals surface area (Å²) in [5.74, 6) is -1.45. The van der Waals surface area contributed by atoms with Gasteiger partial charge in [-0.1, -0.05) is 174 Å². The van der Waals surface area contributed by atoms with E-state index in [1.165, 1.54) is 116 Å². The van der Waals surface area contributed by atoms with E-state index >= 15 is 0 Å². The fraction of sp³-hybridized carbons (Fsp3) is 0.971. The van der Waals surface area contributed by atoms with Crippen LogP contribution in [0.1, 0.15) is 187 Å². The molecule has 4 N–H and O–H groups in total. The van der Waals surface area contributed by atoms with E-state index in [2.05, 4.69) is 19.2 Å². The molecule has 0 rings (SSSR count). The van der Waals surface area contributed by atoms with Crippen LogP contribution in [0.3, 0.4) is 0 Å². The lowest BCUT2D eigenvalue weighted by Crippen LogP contribution is -2.50. The summed E-state index contributed by atoms with van der Waals surface area (Å²) in [6.45, 7) is 4.45. The van der Waals surface area contributed by atoms with Gasteiger partial charge in [0.1, 0.15) is 6.10 Å². The van der Waals surface area contributed by atoms with Crippen LogP contribution in [-0.4, -0.2) is 53.1 Å². The van der Waals surface area contributed by atoms with Crippen LogP contribution in [0.4, 0.5) is 0 Å². The fourth-order valence-electron chi connectivity index (χ4n) is 5.64. The lowest BCUT2D eigenvalue weighted by Gasteiger charge is -2.24. The zero-order valence-electron chi connectivity index (χ0n) is 27.5. The average Bonchev–Trinajstić information content (AvgIpc) is 2.94. The van der Waals surface area contributed by atoms with Crippen molar-refractivity contribution in [2.45, 2.75) is 205 Å². The Balaban J connectivity index is 3.95. The molecule has 0 aromatic rings. The van der Waals surface area contributed by atoms with Crippen LogP contribution in [0.5, 0.6) is 0 Å². The molecule has 252 valence electrons. The number of unbranched alkanes of at least 4 members (excludes halogenated alkanes) is 23. The first-order valence-corrected chi connectivity index (χ1v) is 19.4. The minimum absolute atomic E-state index is 0.303. The lowest BCUT2D eigenvalue weighted by atomic mass is 10.0. The van der Waals surface area contributed by atoms with Crippen molar-refractivity contribution in [3.8, 4) is 0 Å². The highest BCUT2D eigenvalue weighted by molar-refractivity contribution is 7.85. The summed E-state index contributed by atoms with van der Waals surface area (Å²) >= 11 is 0. The molecule has 0 radical (unpaired) electrons. The van der Waals surface area contributed by atoms with Crippen molar-refractivity contribution in [2.75, 3.05) is 5.75 Å². The predicted octanol–water partition coefficient (Wildman–Crippen LogP) is 8.65. The standard InChI is InChI=1S/C34H69NO6S/c1-3-5-7-9-11-13-14-15-16-17-18-19-20-21-23-25-27-29-33(37)34(38)35-31(30-42(39,40)41)32(36)28-26-24-22-12-10-8-6-4-2/h31-33,36-37H,3-30H2,1-2H3,(H,35,38)(H,39,40,41). The van der Waals surface area contributed by atoms with Crippen molar-refractivity contribution in [3.63, 3.8) is 0 Å². The van der Waals surface area contributed by atoms with E-state index in [0.29, 0.717) is 19.3 Å². The van der Waals surface area contributed by atoms with Gasteiger partial charge in [0.15, 0.2) is 0 Å². The molecular formula is C34H69NO6S. The number of aliphatic hydroxyl groups is 2. The highest BCUT2D eigenvalue weighted by atomic mass is 32.2. The monoisotopic (exact) mass is 619 g/mol. The van der Waals surface area contributed by atoms with E-state index in [9.17, 15) is 28.0 Å². The number of aliphatic hydroxyl groups excluding tert-OH is 2. The van der Waals surface area contributed by atoms with Crippen LogP contribution in [0.2, 0.25) is 0 Å². The summed E-state index contributed by atoms with van der Waals surface area (Å²) in [6, 6.07) is -1.14. The van der Waals surface area contributed by atoms with E-state index < -0.39 is 40.0 Å². The Bertz CT molecular complexity index is 702. The first kappa shape index (κ1) is 41.3. The topological polar surface area (TPSA) is 124 Å². The Morgan fingerprint density at radius 3 is 1.19 bits per heavy atom. The molecule has 0 bridgehead atoms. The lowest BCUT2D eigenvalue weighted by molar-refractivity contribution is -0.131. The highest BCUT2D eigenvalue weighted by Gasteiger charge is 2.28. The second kappa shape index (κ2) is 29.0. The van der Waals surface area contributed by atoms with Gasteiger partial charge < -0.3 is 15.5 Å². The van der Waals surface area contributed by atoms with Crippen molar-refractivity contribution in [3.05, 3.63) is 0 Å². The van der Waals surface area contributed by atoms with Crippen LogP contribution < -0.4 is 5.32 Å². The molecule has 0 aromatic heterocycles. The SMILES string of the molecule is CCCCCCCCCCCCCCCCCCCC(O)C(=O)NC(CS(=O)(=O)O)C(O)CCCCCCCCCC. The van der Waals surface area contributed by atoms with Gasteiger partial charge in [0.05, 0.1) is 17.9 Å². The van der Waals surface area contributed by atoms with Crippen molar-refractivity contribution < 1.29 is 28.0 Å². The fourth-order valence-corrected chi connectivity index (χ4v) is 6.40. The molecule has 0 heterocycles. The van der Waals surface area contributed by atoms with Crippen molar-refractivity contribution in [2.24, 2.45) is 0 Å². The van der Waals surface area contributed by atoms with E-state index in [1.54, 1.807) is 0 Å². The van der Waals surface area contributed by atoms with Gasteiger partial charge in [-0.15, -0.1) is 0 Å². The Hall–Kier alpha value is -0.700. The summed E-state index contributed by atoms with van der Waals surface area (Å²) in [6.07, 6.45) is 28.5. The molecule has 0 aliphatic rings. The van der Waals surface area contributed by atoms with Crippen LogP contribution in [0, 0.1) is 0 Å². The van der Waals surface area contributed by atoms with Crippen molar-refractivity contribution in [1.82, 2.24) is 5.32 Å². The second-order valence-corrected chi connectivity index (χ2v) is 14.2. The van der Waals surface area contributed by atoms with Crippen molar-refractivity contribution >= 4 is 16.0 Å². The number of hydrogen-bond acceptors (Lipinski definition) is 5. The van der Waals surface area contributed by atoms with Gasteiger partial charge in [-0.3, -0.25) is 9.35 Å². The summed E-state index contributed by atoms with van der Waals surface area (Å²) in [5, 5.41) is 23.3. The number of carbonyl (C=O) groups is 1. The number of hydrogen-bond donors (Lipinski definition) is 4. The largest absolute Gasteiger partial charge is 0.391 e. The Morgan fingerprint density at radius 1 is 0.548 bits per heavy atom. The maximum Gasteiger partial charge on any atom is 0.266 e. The van der Waals surface area contributed by atoms with Crippen LogP contribution in [0.15, 0.2) is 0 Å². The highest BCUT2D eigenvalue weighted by Crippen LogP contribution is 2.16. The van der Waals surface area contributed by atoms with E-state index in [-0.39, 0.29) is 0 Å². The summed E-state index contributed by atoms with van der Waals surface area (Å²) in [5.41, 5.74) is 0. The molecule has 0 saturated carbocycles. The van der Waals surface area contributed by atoms with Gasteiger partial charge in [-0.05, 0) is 12.8 Å². The molecule has 0 aliphatic carbocycles. The van der Waals surface area contributed by atoms with Gasteiger partial charge in [0.25, 0.3) is 10.1 Å². The van der Waals surface area contributed by atoms with Crippen LogP contribution in [-0.2, 0) is 14.9 Å². The normalized spacial score (nSPS) is 14.1. The van der Waals surface area contributed by atoms with Gasteiger partial charge in [0, 0.05) is 0 Å². The Kier molecular flexibility index (Phi) is 28.6. The maximum absolute atomic E-state index is 12.5. The maximum atomic E-state index is 12.5. The number of carbonyl (C=O) groups excluding carboxylic acids is 1. The van der Waals surface area contributed by atoms with Crippen LogP contribution >= 0.6 is 0 Å². The third kappa shape index (κ3) is 28.1. The molecule has 0 spiro atoms. The zero-order valence-corrected chi connectivity index (χ0v) is 28.3. The molecule has 0 aliphatic heterocycles. The molecule has 0 saturated heterocycles. The van der Waals surface area contributed by atoms with E-state index in [0.717, 1.165) is 38.5 Å². The molecule has 42 heavy (non-hydrogen) atoms. The third-order valence-corrected chi connectivity index (χ3v) is 9.20. The molecule has 1 amide bonds. The minimum atomic E-state index is -4.39. The number of amides is 1. The Morgan fingerprint density at radius 2 is 0.857 bits per heavy atom. The minimum Gasteiger partial charge on any atom is -0.391 e. The summed E-state index contributed by atoms with van der Waals surface area (Å²) in [7, 11) is -4.39. The van der Waals surface area contributed by atoms with Crippen molar-refractivity contribution in [1.29, 1.82) is 0 Å². The predicted molar refractivity (Wildman–Crippen MR) is 176 cm³/mol. The average molecular weight is 620 g/mol. The molecule has 3 atom stereocenters. The molecule has 7 nitrogen and oxygen atoms in total. The molecule has 8 heteroatoms. The van der Waals surface area contributed by atoms with Gasteiger partial charge in [-0.2, -0.15) is 8.42 Å². The zero-order chi connectivity index (χ0) is 31.3. The molecule has 0 aromatic carbocycles. The number of nitrogens with one attached hydrogen (secondary N) is 1. The second-order valence-electron chi connectivity index (χ2n) is 12.7. The third-order valence-electron chi connectivity index (χ3n) is 8.42. The number of rotatable bonds is 32.